The molecule has 0 aromatic heterocycles. The summed E-state index contributed by atoms with van der Waals surface area (Å²) < 4.78 is 0. The van der Waals surface area contributed by atoms with Gasteiger partial charge in [0.25, 0.3) is 0 Å². The Morgan fingerprint density at radius 2 is 0.820 bits per heavy atom. The minimum absolute atomic E-state index is 0.678. The topological polar surface area (TPSA) is 12.0 Å². The van der Waals surface area contributed by atoms with Gasteiger partial charge in [-0.2, -0.15) is 0 Å². The van der Waals surface area contributed by atoms with Crippen molar-refractivity contribution in [2.45, 2.75) is 32.1 Å². The average molecular weight is 644 g/mol. The number of nitrogens with one attached hydrogen (secondary N) is 1. The van der Waals surface area contributed by atoms with Gasteiger partial charge in [0.05, 0.1) is 0 Å². The molecule has 0 radical (unpaired) electrons. The van der Waals surface area contributed by atoms with Crippen LogP contribution in [0.25, 0.3) is 44.5 Å². The fourth-order valence-electron chi connectivity index (χ4n) is 6.87. The number of terminal acetylenes is 1. The first-order chi connectivity index (χ1) is 24.8. The number of hydrogen-bond acceptors (Lipinski definition) is 1. The van der Waals surface area contributed by atoms with Crippen molar-refractivity contribution in [2.24, 2.45) is 0 Å². The molecule has 50 heavy (non-hydrogen) atoms. The SMILES string of the molecule is C#CCCc1cc(-c2ccccc2-c2ccccc2)ccc1Nc1ccc(-c2ccccc2-c2ccccc2)cc1CCCc1ccccc1. The van der Waals surface area contributed by atoms with Gasteiger partial charge in [0.15, 0.2) is 0 Å². The van der Waals surface area contributed by atoms with E-state index in [4.69, 9.17) is 6.42 Å². The zero-order valence-corrected chi connectivity index (χ0v) is 28.4. The van der Waals surface area contributed by atoms with Crippen molar-refractivity contribution < 1.29 is 0 Å². The molecule has 242 valence electrons. The van der Waals surface area contributed by atoms with Gasteiger partial charge in [-0.3, -0.25) is 0 Å². The van der Waals surface area contributed by atoms with E-state index in [-0.39, 0.29) is 0 Å². The van der Waals surface area contributed by atoms with E-state index in [0.29, 0.717) is 6.42 Å². The molecule has 7 aromatic rings. The van der Waals surface area contributed by atoms with Crippen LogP contribution in [0.15, 0.2) is 176 Å². The summed E-state index contributed by atoms with van der Waals surface area (Å²) in [6, 6.07) is 63.2. The highest BCUT2D eigenvalue weighted by Crippen LogP contribution is 2.38. The maximum Gasteiger partial charge on any atom is 0.0417 e. The summed E-state index contributed by atoms with van der Waals surface area (Å²) >= 11 is 0. The molecule has 0 heterocycles. The number of rotatable bonds is 12. The highest BCUT2D eigenvalue weighted by Gasteiger charge is 2.14. The highest BCUT2D eigenvalue weighted by atomic mass is 14.9. The Labute approximate surface area is 297 Å². The summed E-state index contributed by atoms with van der Waals surface area (Å²) in [5, 5.41) is 3.88. The van der Waals surface area contributed by atoms with Gasteiger partial charge in [0.2, 0.25) is 0 Å². The highest BCUT2D eigenvalue weighted by molar-refractivity contribution is 5.86. The van der Waals surface area contributed by atoms with Crippen molar-refractivity contribution in [1.82, 2.24) is 0 Å². The van der Waals surface area contributed by atoms with Gasteiger partial charge in [-0.05, 0) is 111 Å². The summed E-state index contributed by atoms with van der Waals surface area (Å²) in [6.07, 6.45) is 10.3. The molecule has 0 spiro atoms. The number of hydrogen-bond donors (Lipinski definition) is 1. The normalized spacial score (nSPS) is 10.8. The van der Waals surface area contributed by atoms with Crippen LogP contribution in [0, 0.1) is 12.3 Å². The lowest BCUT2D eigenvalue weighted by molar-refractivity contribution is 0.822. The molecule has 0 saturated carbocycles. The molecule has 0 aliphatic heterocycles. The third-order valence-corrected chi connectivity index (χ3v) is 9.42. The Bertz CT molecular complexity index is 2210. The van der Waals surface area contributed by atoms with E-state index in [2.05, 4.69) is 187 Å². The van der Waals surface area contributed by atoms with Crippen LogP contribution >= 0.6 is 0 Å². The number of anilines is 2. The molecule has 0 atom stereocenters. The van der Waals surface area contributed by atoms with Crippen LogP contribution in [-0.4, -0.2) is 0 Å². The molecule has 1 nitrogen and oxygen atoms in total. The summed E-state index contributed by atoms with van der Waals surface area (Å²) in [5.74, 6) is 2.88. The maximum absolute atomic E-state index is 5.81. The Kier molecular flexibility index (Phi) is 10.3. The first-order valence-electron chi connectivity index (χ1n) is 17.6. The lowest BCUT2D eigenvalue weighted by Gasteiger charge is -2.19. The molecule has 0 saturated heterocycles. The van der Waals surface area contributed by atoms with Crippen molar-refractivity contribution in [3.63, 3.8) is 0 Å². The van der Waals surface area contributed by atoms with E-state index >= 15 is 0 Å². The van der Waals surface area contributed by atoms with Crippen LogP contribution in [-0.2, 0) is 19.3 Å². The summed E-state index contributed by atoms with van der Waals surface area (Å²) in [7, 11) is 0. The second-order valence-corrected chi connectivity index (χ2v) is 12.7. The molecule has 0 aliphatic rings. The van der Waals surface area contributed by atoms with Crippen LogP contribution in [0.5, 0.6) is 0 Å². The van der Waals surface area contributed by atoms with Crippen molar-refractivity contribution in [3.05, 3.63) is 193 Å². The monoisotopic (exact) mass is 643 g/mol. The smallest absolute Gasteiger partial charge is 0.0417 e. The van der Waals surface area contributed by atoms with E-state index in [1.807, 2.05) is 0 Å². The van der Waals surface area contributed by atoms with Gasteiger partial charge in [0, 0.05) is 17.8 Å². The number of benzene rings is 7. The Balaban J connectivity index is 1.25. The average Bonchev–Trinajstić information content (AvgIpc) is 3.19. The maximum atomic E-state index is 5.81. The molecule has 7 aromatic carbocycles. The third-order valence-electron chi connectivity index (χ3n) is 9.42. The van der Waals surface area contributed by atoms with Crippen molar-refractivity contribution in [2.75, 3.05) is 5.32 Å². The van der Waals surface area contributed by atoms with E-state index in [0.717, 1.165) is 37.1 Å². The first-order valence-corrected chi connectivity index (χ1v) is 17.6. The van der Waals surface area contributed by atoms with Crippen LogP contribution in [0.4, 0.5) is 11.4 Å². The molecule has 0 aliphatic carbocycles. The van der Waals surface area contributed by atoms with Crippen LogP contribution in [0.3, 0.4) is 0 Å². The quantitative estimate of drug-likeness (QED) is 0.131. The van der Waals surface area contributed by atoms with Crippen LogP contribution in [0.2, 0.25) is 0 Å². The van der Waals surface area contributed by atoms with E-state index in [9.17, 15) is 0 Å². The largest absolute Gasteiger partial charge is 0.355 e. The van der Waals surface area contributed by atoms with Crippen molar-refractivity contribution in [1.29, 1.82) is 0 Å². The standard InChI is InChI=1S/C49H41N/c1-2-3-21-42-35-40(46-29-15-13-27-44(46)38-22-9-5-10-23-38)31-33-48(42)50-49-34-32-41(36-43(49)26-17-20-37-18-7-4-8-19-37)47-30-16-14-28-45(47)39-24-11-6-12-25-39/h1,4-16,18-19,22-25,27-36,50H,3,17,20-21,26H2. The Hall–Kier alpha value is -6.10. The van der Waals surface area contributed by atoms with Crippen molar-refractivity contribution >= 4 is 11.4 Å². The fourth-order valence-corrected chi connectivity index (χ4v) is 6.87. The van der Waals surface area contributed by atoms with Gasteiger partial charge < -0.3 is 5.32 Å². The summed E-state index contributed by atoms with van der Waals surface area (Å²) in [6.45, 7) is 0. The molecule has 7 rings (SSSR count). The molecule has 0 amide bonds. The number of aryl methyl sites for hydroxylation is 3. The van der Waals surface area contributed by atoms with Gasteiger partial charge in [-0.1, -0.05) is 152 Å². The lowest BCUT2D eigenvalue weighted by atomic mass is 9.91. The zero-order valence-electron chi connectivity index (χ0n) is 28.4. The second kappa shape index (κ2) is 15.9. The molecular formula is C49H41N. The van der Waals surface area contributed by atoms with Gasteiger partial charge in [0.1, 0.15) is 0 Å². The molecule has 0 bridgehead atoms. The van der Waals surface area contributed by atoms with Crippen LogP contribution in [0.1, 0.15) is 29.5 Å². The third kappa shape index (κ3) is 7.62. The zero-order chi connectivity index (χ0) is 34.0. The van der Waals surface area contributed by atoms with E-state index < -0.39 is 0 Å². The van der Waals surface area contributed by atoms with Crippen LogP contribution < -0.4 is 5.32 Å². The van der Waals surface area contributed by atoms with E-state index in [1.54, 1.807) is 0 Å². The predicted octanol–water partition coefficient (Wildman–Crippen LogP) is 12.8. The summed E-state index contributed by atoms with van der Waals surface area (Å²) in [5.41, 5.74) is 15.9. The summed E-state index contributed by atoms with van der Waals surface area (Å²) in [4.78, 5) is 0. The molecule has 1 heteroatoms. The first kappa shape index (κ1) is 32.4. The minimum Gasteiger partial charge on any atom is -0.355 e. The van der Waals surface area contributed by atoms with Gasteiger partial charge >= 0.3 is 0 Å². The molecule has 0 fully saturated rings. The minimum atomic E-state index is 0.678. The predicted molar refractivity (Wildman–Crippen MR) is 214 cm³/mol. The lowest BCUT2D eigenvalue weighted by Crippen LogP contribution is -2.02. The second-order valence-electron chi connectivity index (χ2n) is 12.7. The van der Waals surface area contributed by atoms with Gasteiger partial charge in [-0.25, -0.2) is 0 Å². The van der Waals surface area contributed by atoms with Gasteiger partial charge in [-0.15, -0.1) is 12.3 Å². The van der Waals surface area contributed by atoms with E-state index in [1.165, 1.54) is 61.2 Å². The molecular weight excluding hydrogens is 603 g/mol. The van der Waals surface area contributed by atoms with Crippen molar-refractivity contribution in [3.8, 4) is 56.9 Å². The Morgan fingerprint density at radius 3 is 1.30 bits per heavy atom. The molecule has 1 N–H and O–H groups in total. The Morgan fingerprint density at radius 1 is 0.400 bits per heavy atom. The molecule has 0 unspecified atom stereocenters. The fraction of sp³-hybridized carbons (Fsp3) is 0.102.